The Bertz CT molecular complexity index is 1590. The fourth-order valence-electron chi connectivity index (χ4n) is 4.65. The van der Waals surface area contributed by atoms with Gasteiger partial charge in [0.25, 0.3) is 0 Å². The molecule has 0 amide bonds. The molecule has 4 heteroatoms. The third-order valence-corrected chi connectivity index (χ3v) is 9.42. The van der Waals surface area contributed by atoms with Crippen LogP contribution in [-0.4, -0.2) is 15.0 Å². The van der Waals surface area contributed by atoms with Crippen LogP contribution in [0.2, 0.25) is 0 Å². The molecule has 0 fully saturated rings. The summed E-state index contributed by atoms with van der Waals surface area (Å²) in [6, 6.07) is 38.9. The van der Waals surface area contributed by atoms with Crippen LogP contribution in [0.5, 0.6) is 0 Å². The lowest BCUT2D eigenvalue weighted by Gasteiger charge is -2.20. The highest BCUT2D eigenvalue weighted by atomic mass is 31.1. The highest BCUT2D eigenvalue weighted by Crippen LogP contribution is 2.33. The molecule has 0 saturated heterocycles. The van der Waals surface area contributed by atoms with Gasteiger partial charge in [-0.2, -0.15) is 0 Å². The van der Waals surface area contributed by atoms with E-state index < -0.39 is 7.92 Å². The zero-order valence-electron chi connectivity index (χ0n) is 23.6. The van der Waals surface area contributed by atoms with Crippen LogP contribution in [-0.2, 0) is 0 Å². The van der Waals surface area contributed by atoms with Crippen molar-refractivity contribution in [2.75, 3.05) is 0 Å². The molecule has 43 heavy (non-hydrogen) atoms. The topological polar surface area (TPSA) is 38.7 Å². The molecular weight excluding hydrogens is 541 g/mol. The Balaban J connectivity index is 1.28. The predicted molar refractivity (Wildman–Crippen MR) is 185 cm³/mol. The number of nitrogens with zero attached hydrogens (tertiary/aromatic N) is 3. The van der Waals surface area contributed by atoms with E-state index in [1.807, 2.05) is 73.6 Å². The van der Waals surface area contributed by atoms with Crippen molar-refractivity contribution >= 4 is 60.3 Å². The molecule has 0 bridgehead atoms. The average molecular weight is 572 g/mol. The molecular formula is C39H30N3P. The SMILES string of the molecule is C(=C\c1ccc(P(c2ccc(/C=C/c3ccncc3)cc2)c2ccc(/C=C/c3ccncc3)cc2)cc1)/c1ccncc1. The third kappa shape index (κ3) is 7.74. The smallest absolute Gasteiger partial charge is 0.0273 e. The Hall–Kier alpha value is -5.24. The fraction of sp³-hybridized carbons (Fsp3) is 0. The van der Waals surface area contributed by atoms with E-state index in [2.05, 4.69) is 124 Å². The van der Waals surface area contributed by atoms with Gasteiger partial charge in [-0.25, -0.2) is 0 Å². The van der Waals surface area contributed by atoms with Gasteiger partial charge < -0.3 is 0 Å². The molecule has 0 radical (unpaired) electrons. The molecule has 3 nitrogen and oxygen atoms in total. The summed E-state index contributed by atoms with van der Waals surface area (Å²) in [5.41, 5.74) is 6.92. The Morgan fingerprint density at radius 2 is 0.488 bits per heavy atom. The lowest BCUT2D eigenvalue weighted by Crippen LogP contribution is -2.20. The van der Waals surface area contributed by atoms with Gasteiger partial charge in [-0.1, -0.05) is 109 Å². The van der Waals surface area contributed by atoms with Gasteiger partial charge in [-0.3, -0.25) is 15.0 Å². The maximum absolute atomic E-state index is 4.10. The Morgan fingerprint density at radius 3 is 0.721 bits per heavy atom. The summed E-state index contributed by atoms with van der Waals surface area (Å²) in [6.45, 7) is 0. The molecule has 0 aliphatic rings. The van der Waals surface area contributed by atoms with Crippen LogP contribution in [0.3, 0.4) is 0 Å². The van der Waals surface area contributed by atoms with Crippen molar-refractivity contribution in [1.82, 2.24) is 15.0 Å². The Labute approximate surface area is 254 Å². The van der Waals surface area contributed by atoms with Crippen LogP contribution in [0.25, 0.3) is 36.5 Å². The summed E-state index contributed by atoms with van der Waals surface area (Å²) in [5, 5.41) is 3.95. The highest BCUT2D eigenvalue weighted by molar-refractivity contribution is 7.79. The van der Waals surface area contributed by atoms with Gasteiger partial charge in [-0.05, 0) is 93.6 Å². The molecule has 206 valence electrons. The first-order valence-corrected chi connectivity index (χ1v) is 15.5. The third-order valence-electron chi connectivity index (χ3n) is 6.98. The van der Waals surface area contributed by atoms with Gasteiger partial charge in [0, 0.05) is 37.2 Å². The van der Waals surface area contributed by atoms with Gasteiger partial charge in [-0.15, -0.1) is 0 Å². The van der Waals surface area contributed by atoms with Crippen molar-refractivity contribution in [2.24, 2.45) is 0 Å². The maximum atomic E-state index is 4.10. The molecule has 6 rings (SSSR count). The minimum absolute atomic E-state index is 0.740. The van der Waals surface area contributed by atoms with E-state index >= 15 is 0 Å². The van der Waals surface area contributed by atoms with Crippen LogP contribution in [0.4, 0.5) is 0 Å². The monoisotopic (exact) mass is 571 g/mol. The second-order valence-electron chi connectivity index (χ2n) is 9.95. The first kappa shape index (κ1) is 27.9. The molecule has 0 aliphatic carbocycles. The molecule has 3 heterocycles. The van der Waals surface area contributed by atoms with Crippen molar-refractivity contribution in [3.05, 3.63) is 180 Å². The summed E-state index contributed by atoms with van der Waals surface area (Å²) in [4.78, 5) is 12.3. The molecule has 3 aromatic heterocycles. The number of hydrogen-bond donors (Lipinski definition) is 0. The molecule has 0 unspecified atom stereocenters. The maximum Gasteiger partial charge on any atom is 0.0273 e. The van der Waals surface area contributed by atoms with Crippen LogP contribution < -0.4 is 15.9 Å². The summed E-state index contributed by atoms with van der Waals surface area (Å²) in [5.74, 6) is 0. The molecule has 3 aromatic carbocycles. The van der Waals surface area contributed by atoms with Gasteiger partial charge in [0.2, 0.25) is 0 Å². The van der Waals surface area contributed by atoms with Crippen molar-refractivity contribution < 1.29 is 0 Å². The standard InChI is InChI=1S/C39H30N3P/c1(4-34-19-25-40-26-20-34)31-7-13-37(14-8-31)43(38-15-9-32(10-16-38)2-5-35-21-27-41-28-22-35)39-17-11-33(12-18-39)3-6-36-23-29-42-30-24-36/h1-30H/b4-1+,5-2+,6-3+. The van der Waals surface area contributed by atoms with E-state index in [9.17, 15) is 0 Å². The van der Waals surface area contributed by atoms with E-state index in [4.69, 9.17) is 0 Å². The largest absolute Gasteiger partial charge is 0.265 e. The molecule has 0 N–H and O–H groups in total. The van der Waals surface area contributed by atoms with Gasteiger partial charge in [0.15, 0.2) is 0 Å². The second kappa shape index (κ2) is 14.1. The first-order valence-electron chi connectivity index (χ1n) is 14.1. The van der Waals surface area contributed by atoms with E-state index in [0.717, 1.165) is 16.7 Å². The van der Waals surface area contributed by atoms with Gasteiger partial charge in [0.1, 0.15) is 0 Å². The number of benzene rings is 3. The molecule has 0 saturated carbocycles. The van der Waals surface area contributed by atoms with Crippen LogP contribution in [0.15, 0.2) is 146 Å². The Morgan fingerprint density at radius 1 is 0.279 bits per heavy atom. The first-order chi connectivity index (χ1) is 21.3. The zero-order valence-corrected chi connectivity index (χ0v) is 24.5. The quantitative estimate of drug-likeness (QED) is 0.165. The normalized spacial score (nSPS) is 11.7. The fourth-order valence-corrected chi connectivity index (χ4v) is 6.89. The summed E-state index contributed by atoms with van der Waals surface area (Å²) >= 11 is 0. The molecule has 6 aromatic rings. The number of pyridine rings is 3. The van der Waals surface area contributed by atoms with E-state index in [-0.39, 0.29) is 0 Å². The minimum Gasteiger partial charge on any atom is -0.265 e. The molecule has 0 spiro atoms. The van der Waals surface area contributed by atoms with Crippen LogP contribution >= 0.6 is 7.92 Å². The number of aromatic nitrogens is 3. The average Bonchev–Trinajstić information content (AvgIpc) is 3.09. The minimum atomic E-state index is -0.740. The summed E-state index contributed by atoms with van der Waals surface area (Å²) in [7, 11) is -0.740. The summed E-state index contributed by atoms with van der Waals surface area (Å²) < 4.78 is 0. The second-order valence-corrected chi connectivity index (χ2v) is 12.2. The zero-order chi connectivity index (χ0) is 29.1. The van der Waals surface area contributed by atoms with Crippen molar-refractivity contribution in [3.63, 3.8) is 0 Å². The Kier molecular flexibility index (Phi) is 9.14. The van der Waals surface area contributed by atoms with E-state index in [0.29, 0.717) is 0 Å². The lowest BCUT2D eigenvalue weighted by atomic mass is 10.1. The van der Waals surface area contributed by atoms with Crippen molar-refractivity contribution in [3.8, 4) is 0 Å². The van der Waals surface area contributed by atoms with Gasteiger partial charge in [0.05, 0.1) is 0 Å². The summed E-state index contributed by atoms with van der Waals surface area (Å²) in [6.07, 6.45) is 23.7. The van der Waals surface area contributed by atoms with Crippen LogP contribution in [0, 0.1) is 0 Å². The number of hydrogen-bond acceptors (Lipinski definition) is 3. The molecule has 0 aliphatic heterocycles. The van der Waals surface area contributed by atoms with Crippen molar-refractivity contribution in [2.45, 2.75) is 0 Å². The number of rotatable bonds is 9. The van der Waals surface area contributed by atoms with Crippen LogP contribution in [0.1, 0.15) is 33.4 Å². The van der Waals surface area contributed by atoms with E-state index in [1.54, 1.807) is 0 Å². The predicted octanol–water partition coefficient (Wildman–Crippen LogP) is 8.14. The lowest BCUT2D eigenvalue weighted by molar-refractivity contribution is 1.32. The highest BCUT2D eigenvalue weighted by Gasteiger charge is 2.16. The van der Waals surface area contributed by atoms with Gasteiger partial charge >= 0.3 is 0 Å². The molecule has 0 atom stereocenters. The van der Waals surface area contributed by atoms with E-state index in [1.165, 1.54) is 32.6 Å². The van der Waals surface area contributed by atoms with Crippen molar-refractivity contribution in [1.29, 1.82) is 0 Å².